The van der Waals surface area contributed by atoms with Crippen LogP contribution in [0.5, 0.6) is 11.5 Å². The first-order valence-electron chi connectivity index (χ1n) is 11.5. The van der Waals surface area contributed by atoms with Crippen LogP contribution in [0.2, 0.25) is 0 Å². The monoisotopic (exact) mass is 472 g/mol. The van der Waals surface area contributed by atoms with Crippen LogP contribution in [0, 0.1) is 10.8 Å². The molecule has 0 bridgehead atoms. The first-order valence-corrected chi connectivity index (χ1v) is 11.5. The Morgan fingerprint density at radius 2 is 1.35 bits per heavy atom. The van der Waals surface area contributed by atoms with Gasteiger partial charge in [-0.05, 0) is 77.1 Å². The SMILES string of the molecule is CC(C)(CCCOc1ccc(OCCCC(C)(C)C(=O)O)c(C(O)c2ccccc2)c1)C(=O)O. The molecule has 1 unspecified atom stereocenters. The van der Waals surface area contributed by atoms with Gasteiger partial charge in [0.05, 0.1) is 24.0 Å². The Kier molecular flexibility index (Phi) is 9.50. The highest BCUT2D eigenvalue weighted by Gasteiger charge is 2.27. The summed E-state index contributed by atoms with van der Waals surface area (Å²) in [5, 5.41) is 29.5. The molecule has 0 aromatic heterocycles. The van der Waals surface area contributed by atoms with E-state index >= 15 is 0 Å². The van der Waals surface area contributed by atoms with Crippen molar-refractivity contribution in [2.24, 2.45) is 10.8 Å². The summed E-state index contributed by atoms with van der Waals surface area (Å²) in [7, 11) is 0. The Hall–Kier alpha value is -3.06. The molecular formula is C27H36O7. The summed E-state index contributed by atoms with van der Waals surface area (Å²) in [6.45, 7) is 7.41. The Morgan fingerprint density at radius 1 is 0.824 bits per heavy atom. The maximum absolute atomic E-state index is 11.3. The normalized spacial score (nSPS) is 12.7. The van der Waals surface area contributed by atoms with Gasteiger partial charge >= 0.3 is 11.9 Å². The van der Waals surface area contributed by atoms with Crippen LogP contribution in [0.1, 0.15) is 70.6 Å². The highest BCUT2D eigenvalue weighted by molar-refractivity contribution is 5.73. The molecule has 34 heavy (non-hydrogen) atoms. The van der Waals surface area contributed by atoms with Crippen LogP contribution in [0.15, 0.2) is 48.5 Å². The van der Waals surface area contributed by atoms with Crippen molar-refractivity contribution in [2.75, 3.05) is 13.2 Å². The number of hydrogen-bond donors (Lipinski definition) is 3. The third kappa shape index (κ3) is 7.76. The maximum atomic E-state index is 11.3. The van der Waals surface area contributed by atoms with Gasteiger partial charge in [-0.1, -0.05) is 30.3 Å². The predicted octanol–water partition coefficient (Wildman–Crippen LogP) is 5.31. The third-order valence-corrected chi connectivity index (χ3v) is 5.97. The summed E-state index contributed by atoms with van der Waals surface area (Å²) in [5.41, 5.74) is -0.389. The number of rotatable bonds is 14. The van der Waals surface area contributed by atoms with Gasteiger partial charge in [0, 0.05) is 5.56 Å². The van der Waals surface area contributed by atoms with Crippen molar-refractivity contribution in [2.45, 2.75) is 59.5 Å². The van der Waals surface area contributed by atoms with E-state index < -0.39 is 28.9 Å². The molecular weight excluding hydrogens is 436 g/mol. The summed E-state index contributed by atoms with van der Waals surface area (Å²) in [4.78, 5) is 22.6. The molecule has 0 aliphatic carbocycles. The summed E-state index contributed by atoms with van der Waals surface area (Å²) in [5.74, 6) is -0.628. The summed E-state index contributed by atoms with van der Waals surface area (Å²) in [6, 6.07) is 14.4. The number of aliphatic hydroxyl groups excluding tert-OH is 1. The molecule has 186 valence electrons. The lowest BCUT2D eigenvalue weighted by atomic mass is 9.88. The number of carboxylic acid groups (broad SMARTS) is 2. The first-order chi connectivity index (χ1) is 15.9. The van der Waals surface area contributed by atoms with Crippen LogP contribution >= 0.6 is 0 Å². The number of carbonyl (C=O) groups is 2. The molecule has 1 atom stereocenters. The zero-order valence-corrected chi connectivity index (χ0v) is 20.4. The molecule has 0 saturated carbocycles. The van der Waals surface area contributed by atoms with E-state index in [0.29, 0.717) is 61.5 Å². The minimum atomic E-state index is -0.929. The number of carboxylic acids is 2. The van der Waals surface area contributed by atoms with Crippen LogP contribution in [0.25, 0.3) is 0 Å². The van der Waals surface area contributed by atoms with Gasteiger partial charge in [-0.2, -0.15) is 0 Å². The standard InChI is InChI=1S/C27H36O7/c1-26(2,24(29)30)14-8-16-33-20-12-13-22(34-17-9-15-27(3,4)25(31)32)21(18-20)23(28)19-10-6-5-7-11-19/h5-7,10-13,18,23,28H,8-9,14-17H2,1-4H3,(H,29,30)(H,31,32). The zero-order valence-electron chi connectivity index (χ0n) is 20.4. The molecule has 3 N–H and O–H groups in total. The average Bonchev–Trinajstić information content (AvgIpc) is 2.80. The Bertz CT molecular complexity index is 951. The smallest absolute Gasteiger partial charge is 0.309 e. The highest BCUT2D eigenvalue weighted by atomic mass is 16.5. The van der Waals surface area contributed by atoms with Gasteiger partial charge in [0.25, 0.3) is 0 Å². The quantitative estimate of drug-likeness (QED) is 0.319. The fraction of sp³-hybridized carbons (Fsp3) is 0.481. The van der Waals surface area contributed by atoms with Crippen LogP contribution < -0.4 is 9.47 Å². The lowest BCUT2D eigenvalue weighted by molar-refractivity contribution is -0.148. The van der Waals surface area contributed by atoms with Crippen molar-refractivity contribution < 1.29 is 34.4 Å². The van der Waals surface area contributed by atoms with E-state index in [1.54, 1.807) is 45.9 Å². The summed E-state index contributed by atoms with van der Waals surface area (Å²) in [6.07, 6.45) is 1.15. The molecule has 0 fully saturated rings. The minimum absolute atomic E-state index is 0.315. The first kappa shape index (κ1) is 27.2. The van der Waals surface area contributed by atoms with Crippen molar-refractivity contribution in [3.05, 3.63) is 59.7 Å². The highest BCUT2D eigenvalue weighted by Crippen LogP contribution is 2.34. The molecule has 2 aromatic carbocycles. The molecule has 0 spiro atoms. The van der Waals surface area contributed by atoms with E-state index in [2.05, 4.69) is 0 Å². The van der Waals surface area contributed by atoms with Gasteiger partial charge in [-0.25, -0.2) is 0 Å². The lowest BCUT2D eigenvalue weighted by Crippen LogP contribution is -2.24. The lowest BCUT2D eigenvalue weighted by Gasteiger charge is -2.21. The van der Waals surface area contributed by atoms with E-state index in [-0.39, 0.29) is 0 Å². The van der Waals surface area contributed by atoms with Gasteiger partial charge in [-0.3, -0.25) is 9.59 Å². The fourth-order valence-corrected chi connectivity index (χ4v) is 3.39. The molecule has 0 radical (unpaired) electrons. The molecule has 7 heteroatoms. The Morgan fingerprint density at radius 3 is 1.88 bits per heavy atom. The molecule has 2 rings (SSSR count). The van der Waals surface area contributed by atoms with E-state index in [1.807, 2.05) is 30.3 Å². The van der Waals surface area contributed by atoms with Gasteiger partial charge in [0.1, 0.15) is 17.6 Å². The van der Waals surface area contributed by atoms with Gasteiger partial charge in [-0.15, -0.1) is 0 Å². The van der Waals surface area contributed by atoms with Crippen molar-refractivity contribution in [3.63, 3.8) is 0 Å². The molecule has 0 amide bonds. The molecule has 7 nitrogen and oxygen atoms in total. The largest absolute Gasteiger partial charge is 0.494 e. The number of aliphatic hydroxyl groups is 1. The maximum Gasteiger partial charge on any atom is 0.309 e. The summed E-state index contributed by atoms with van der Waals surface area (Å²) < 4.78 is 11.8. The molecule has 0 saturated heterocycles. The number of aliphatic carboxylic acids is 2. The number of benzene rings is 2. The van der Waals surface area contributed by atoms with Crippen molar-refractivity contribution in [1.29, 1.82) is 0 Å². The second kappa shape index (κ2) is 11.9. The van der Waals surface area contributed by atoms with Crippen LogP contribution in [0.3, 0.4) is 0 Å². The molecule has 0 heterocycles. The Balaban J connectivity index is 2.10. The van der Waals surface area contributed by atoms with Crippen molar-refractivity contribution >= 4 is 11.9 Å². The van der Waals surface area contributed by atoms with Crippen molar-refractivity contribution in [1.82, 2.24) is 0 Å². The van der Waals surface area contributed by atoms with E-state index in [0.717, 1.165) is 0 Å². The van der Waals surface area contributed by atoms with E-state index in [9.17, 15) is 24.9 Å². The van der Waals surface area contributed by atoms with Crippen LogP contribution in [0.4, 0.5) is 0 Å². The minimum Gasteiger partial charge on any atom is -0.494 e. The zero-order chi connectivity index (χ0) is 25.4. The third-order valence-electron chi connectivity index (χ3n) is 5.97. The fourth-order valence-electron chi connectivity index (χ4n) is 3.39. The van der Waals surface area contributed by atoms with E-state index in [4.69, 9.17) is 9.47 Å². The molecule has 0 aliphatic rings. The van der Waals surface area contributed by atoms with Crippen LogP contribution in [-0.4, -0.2) is 40.5 Å². The molecule has 2 aromatic rings. The van der Waals surface area contributed by atoms with Crippen LogP contribution in [-0.2, 0) is 9.59 Å². The molecule has 0 aliphatic heterocycles. The van der Waals surface area contributed by atoms with Crippen molar-refractivity contribution in [3.8, 4) is 11.5 Å². The van der Waals surface area contributed by atoms with Gasteiger partial charge in [0.2, 0.25) is 0 Å². The second-order valence-electron chi connectivity index (χ2n) is 9.79. The second-order valence-corrected chi connectivity index (χ2v) is 9.79. The number of hydrogen-bond acceptors (Lipinski definition) is 5. The van der Waals surface area contributed by atoms with E-state index in [1.165, 1.54) is 0 Å². The number of ether oxygens (including phenoxy) is 2. The van der Waals surface area contributed by atoms with Gasteiger partial charge < -0.3 is 24.8 Å². The Labute approximate surface area is 201 Å². The summed E-state index contributed by atoms with van der Waals surface area (Å²) >= 11 is 0. The predicted molar refractivity (Wildman–Crippen MR) is 129 cm³/mol. The topological polar surface area (TPSA) is 113 Å². The average molecular weight is 473 g/mol. The van der Waals surface area contributed by atoms with Gasteiger partial charge in [0.15, 0.2) is 0 Å².